The van der Waals surface area contributed by atoms with Crippen LogP contribution in [-0.2, 0) is 12.8 Å². The van der Waals surface area contributed by atoms with Crippen molar-refractivity contribution >= 4 is 52.1 Å². The second kappa shape index (κ2) is 10.5. The fraction of sp³-hybridized carbons (Fsp3) is 0.172. The molecular formula is C29H24N2O6S. The van der Waals surface area contributed by atoms with Crippen LogP contribution in [0.1, 0.15) is 60.0 Å². The summed E-state index contributed by atoms with van der Waals surface area (Å²) >= 11 is 1.36. The van der Waals surface area contributed by atoms with Gasteiger partial charge in [-0.05, 0) is 73.7 Å². The van der Waals surface area contributed by atoms with Gasteiger partial charge in [-0.2, -0.15) is 0 Å². The topological polar surface area (TPSA) is 126 Å². The van der Waals surface area contributed by atoms with E-state index in [1.807, 2.05) is 28.8 Å². The number of nitrogens with one attached hydrogen (secondary N) is 1. The predicted molar refractivity (Wildman–Crippen MR) is 145 cm³/mol. The molecule has 9 heteroatoms. The molecule has 0 radical (unpaired) electrons. The molecule has 4 aromatic rings. The number of aromatic carboxylic acids is 2. The summed E-state index contributed by atoms with van der Waals surface area (Å²) in [6, 6.07) is 18.3. The summed E-state index contributed by atoms with van der Waals surface area (Å²) in [4.78, 5) is 49.8. The zero-order valence-electron chi connectivity index (χ0n) is 20.3. The van der Waals surface area contributed by atoms with Crippen molar-refractivity contribution in [2.45, 2.75) is 30.6 Å². The van der Waals surface area contributed by atoms with E-state index in [-0.39, 0.29) is 22.8 Å². The lowest BCUT2D eigenvalue weighted by atomic mass is 9.96. The number of aromatic nitrogens is 1. The Balaban J connectivity index is 1.32. The maximum Gasteiger partial charge on any atom is 0.336 e. The van der Waals surface area contributed by atoms with Crippen LogP contribution in [0.3, 0.4) is 0 Å². The molecule has 0 saturated carbocycles. The number of nitrogens with zero attached hydrogens (tertiary/aromatic N) is 1. The summed E-state index contributed by atoms with van der Waals surface area (Å²) in [5.74, 6) is -3.16. The summed E-state index contributed by atoms with van der Waals surface area (Å²) in [5.41, 5.74) is 2.96. The van der Waals surface area contributed by atoms with Crippen LogP contribution >= 0.6 is 11.8 Å². The molecule has 1 heterocycles. The Morgan fingerprint density at radius 2 is 1.63 bits per heavy atom. The average Bonchev–Trinajstić information content (AvgIpc) is 3.26. The van der Waals surface area contributed by atoms with E-state index in [1.54, 1.807) is 18.2 Å². The van der Waals surface area contributed by atoms with Gasteiger partial charge < -0.3 is 15.5 Å². The van der Waals surface area contributed by atoms with Crippen molar-refractivity contribution in [3.8, 4) is 0 Å². The molecule has 192 valence electrons. The number of carbonyl (C=O) groups excluding carboxylic acids is 2. The number of anilines is 1. The SMILES string of the molecule is O=C(O)c1ccc(C(=O)Nc2cccc(SCC(=O)n3c4c(c5ccccc53)CCCC4)c2)c(C(=O)O)c1. The molecule has 38 heavy (non-hydrogen) atoms. The van der Waals surface area contributed by atoms with Gasteiger partial charge in [0.1, 0.15) is 0 Å². The number of carbonyl (C=O) groups is 4. The molecule has 8 nitrogen and oxygen atoms in total. The van der Waals surface area contributed by atoms with Gasteiger partial charge >= 0.3 is 11.9 Å². The Bertz CT molecular complexity index is 1610. The highest BCUT2D eigenvalue weighted by molar-refractivity contribution is 8.00. The van der Waals surface area contributed by atoms with Crippen LogP contribution in [0.25, 0.3) is 10.9 Å². The van der Waals surface area contributed by atoms with Gasteiger partial charge in [-0.15, -0.1) is 11.8 Å². The Morgan fingerprint density at radius 1 is 0.842 bits per heavy atom. The quantitative estimate of drug-likeness (QED) is 0.267. The second-order valence-electron chi connectivity index (χ2n) is 9.02. The van der Waals surface area contributed by atoms with Gasteiger partial charge in [0.2, 0.25) is 5.91 Å². The van der Waals surface area contributed by atoms with Gasteiger partial charge in [-0.1, -0.05) is 24.3 Å². The first-order valence-electron chi connectivity index (χ1n) is 12.1. The molecule has 3 N–H and O–H groups in total. The minimum atomic E-state index is -1.40. The molecule has 5 rings (SSSR count). The summed E-state index contributed by atoms with van der Waals surface area (Å²) in [6.45, 7) is 0. The number of amides is 1. The van der Waals surface area contributed by atoms with Crippen LogP contribution in [0.2, 0.25) is 0 Å². The third kappa shape index (κ3) is 4.92. The van der Waals surface area contributed by atoms with Crippen LogP contribution in [0, 0.1) is 0 Å². The minimum Gasteiger partial charge on any atom is -0.478 e. The molecular weight excluding hydrogens is 504 g/mol. The van der Waals surface area contributed by atoms with Gasteiger partial charge in [0, 0.05) is 21.7 Å². The highest BCUT2D eigenvalue weighted by Gasteiger charge is 2.23. The molecule has 3 aromatic carbocycles. The number of carboxylic acid groups (broad SMARTS) is 2. The van der Waals surface area contributed by atoms with Crippen LogP contribution < -0.4 is 5.32 Å². The summed E-state index contributed by atoms with van der Waals surface area (Å²) in [6.07, 6.45) is 4.05. The molecule has 1 amide bonds. The fourth-order valence-corrected chi connectivity index (χ4v) is 5.71. The zero-order chi connectivity index (χ0) is 26.8. The van der Waals surface area contributed by atoms with E-state index in [0.717, 1.165) is 53.2 Å². The lowest BCUT2D eigenvalue weighted by molar-refractivity contribution is 0.0692. The first-order chi connectivity index (χ1) is 18.3. The van der Waals surface area contributed by atoms with E-state index in [4.69, 9.17) is 5.11 Å². The van der Waals surface area contributed by atoms with Crippen molar-refractivity contribution in [3.05, 3.63) is 94.7 Å². The van der Waals surface area contributed by atoms with Gasteiger partial charge in [-0.25, -0.2) is 9.59 Å². The van der Waals surface area contributed by atoms with Crippen LogP contribution in [-0.4, -0.2) is 44.3 Å². The molecule has 0 atom stereocenters. The number of rotatable bonds is 7. The highest BCUT2D eigenvalue weighted by atomic mass is 32.2. The Kier molecular flexibility index (Phi) is 7.02. The highest BCUT2D eigenvalue weighted by Crippen LogP contribution is 2.33. The lowest BCUT2D eigenvalue weighted by Gasteiger charge is -2.15. The van der Waals surface area contributed by atoms with E-state index >= 15 is 0 Å². The van der Waals surface area contributed by atoms with Crippen LogP contribution in [0.15, 0.2) is 71.6 Å². The van der Waals surface area contributed by atoms with Crippen molar-refractivity contribution in [1.82, 2.24) is 4.57 Å². The molecule has 1 aliphatic rings. The van der Waals surface area contributed by atoms with Gasteiger partial charge in [0.05, 0.1) is 28.0 Å². The number of hydrogen-bond donors (Lipinski definition) is 3. The molecule has 0 unspecified atom stereocenters. The Morgan fingerprint density at radius 3 is 2.42 bits per heavy atom. The molecule has 0 spiro atoms. The van der Waals surface area contributed by atoms with Crippen molar-refractivity contribution in [2.75, 3.05) is 11.1 Å². The van der Waals surface area contributed by atoms with E-state index in [2.05, 4.69) is 11.4 Å². The van der Waals surface area contributed by atoms with Gasteiger partial charge in [-0.3, -0.25) is 14.2 Å². The number of benzene rings is 3. The standard InChI is InChI=1S/C29H24N2O6S/c32-26(31-24-10-3-1-8-20(24)21-9-2-4-11-25(21)31)16-38-19-7-5-6-18(15-19)30-27(33)22-13-12-17(28(34)35)14-23(22)29(36)37/h1,3,5-8,10,12-15H,2,4,9,11,16H2,(H,30,33)(H,34,35)(H,36,37). The normalized spacial score (nSPS) is 12.6. The predicted octanol–water partition coefficient (Wildman–Crippen LogP) is 5.60. The third-order valence-electron chi connectivity index (χ3n) is 6.62. The number of carboxylic acids is 2. The van der Waals surface area contributed by atoms with E-state index < -0.39 is 23.4 Å². The molecule has 0 aliphatic heterocycles. The minimum absolute atomic E-state index is 0.00610. The van der Waals surface area contributed by atoms with Crippen molar-refractivity contribution in [2.24, 2.45) is 0 Å². The maximum absolute atomic E-state index is 13.4. The number of fused-ring (bicyclic) bond motifs is 3. The summed E-state index contributed by atoms with van der Waals surface area (Å²) in [7, 11) is 0. The number of aryl methyl sites for hydroxylation is 1. The van der Waals surface area contributed by atoms with Crippen molar-refractivity contribution < 1.29 is 29.4 Å². The second-order valence-corrected chi connectivity index (χ2v) is 10.1. The van der Waals surface area contributed by atoms with Crippen molar-refractivity contribution in [3.63, 3.8) is 0 Å². The van der Waals surface area contributed by atoms with Gasteiger partial charge in [0.15, 0.2) is 0 Å². The number of thioether (sulfide) groups is 1. The first-order valence-corrected chi connectivity index (χ1v) is 13.1. The van der Waals surface area contributed by atoms with E-state index in [1.165, 1.54) is 29.5 Å². The monoisotopic (exact) mass is 528 g/mol. The largest absolute Gasteiger partial charge is 0.478 e. The molecule has 0 bridgehead atoms. The summed E-state index contributed by atoms with van der Waals surface area (Å²) in [5, 5.41) is 22.4. The number of hydrogen-bond acceptors (Lipinski definition) is 5. The molecule has 1 aromatic heterocycles. The lowest BCUT2D eigenvalue weighted by Crippen LogP contribution is -2.18. The Labute approximate surface area is 222 Å². The average molecular weight is 529 g/mol. The number of para-hydroxylation sites is 1. The maximum atomic E-state index is 13.4. The molecule has 1 aliphatic carbocycles. The van der Waals surface area contributed by atoms with Gasteiger partial charge in [0.25, 0.3) is 5.91 Å². The first kappa shape index (κ1) is 25.3. The Hall–Kier alpha value is -4.37. The van der Waals surface area contributed by atoms with E-state index in [0.29, 0.717) is 5.69 Å². The molecule has 0 saturated heterocycles. The van der Waals surface area contributed by atoms with Crippen LogP contribution in [0.5, 0.6) is 0 Å². The summed E-state index contributed by atoms with van der Waals surface area (Å²) < 4.78 is 1.86. The third-order valence-corrected chi connectivity index (χ3v) is 7.60. The smallest absolute Gasteiger partial charge is 0.336 e. The van der Waals surface area contributed by atoms with E-state index in [9.17, 15) is 24.3 Å². The van der Waals surface area contributed by atoms with Crippen LogP contribution in [0.4, 0.5) is 5.69 Å². The fourth-order valence-electron chi connectivity index (χ4n) is 4.90. The van der Waals surface area contributed by atoms with Crippen molar-refractivity contribution in [1.29, 1.82) is 0 Å². The zero-order valence-corrected chi connectivity index (χ0v) is 21.1. The molecule has 0 fully saturated rings.